The van der Waals surface area contributed by atoms with Gasteiger partial charge in [0.2, 0.25) is 5.91 Å². The molecular formula is C21H23NO4S. The van der Waals surface area contributed by atoms with Crippen molar-refractivity contribution in [2.45, 2.75) is 25.3 Å². The summed E-state index contributed by atoms with van der Waals surface area (Å²) in [4.78, 5) is 35.9. The predicted molar refractivity (Wildman–Crippen MR) is 108 cm³/mol. The normalized spacial score (nSPS) is 11.6. The molecule has 0 aliphatic heterocycles. The van der Waals surface area contributed by atoms with E-state index in [-0.39, 0.29) is 18.6 Å². The highest BCUT2D eigenvalue weighted by atomic mass is 32.2. The van der Waals surface area contributed by atoms with E-state index in [0.717, 1.165) is 11.1 Å². The molecule has 1 amide bonds. The second kappa shape index (κ2) is 10.5. The highest BCUT2D eigenvalue weighted by molar-refractivity contribution is 7.98. The Morgan fingerprint density at radius 1 is 1.00 bits per heavy atom. The monoisotopic (exact) mass is 385 g/mol. The number of carbonyl (C=O) groups excluding carboxylic acids is 2. The van der Waals surface area contributed by atoms with Crippen LogP contribution in [-0.2, 0) is 9.59 Å². The number of hydrogen-bond acceptors (Lipinski definition) is 4. The van der Waals surface area contributed by atoms with Gasteiger partial charge >= 0.3 is 5.97 Å². The molecule has 0 fully saturated rings. The third-order valence-electron chi connectivity index (χ3n) is 4.14. The summed E-state index contributed by atoms with van der Waals surface area (Å²) in [6.07, 6.45) is 2.23. The average molecular weight is 385 g/mol. The van der Waals surface area contributed by atoms with Crippen molar-refractivity contribution in [2.75, 3.05) is 12.0 Å². The number of thioether (sulfide) groups is 1. The van der Waals surface area contributed by atoms with Crippen molar-refractivity contribution in [1.29, 1.82) is 0 Å². The van der Waals surface area contributed by atoms with Gasteiger partial charge < -0.3 is 10.4 Å². The second-order valence-electron chi connectivity index (χ2n) is 6.07. The molecule has 0 heterocycles. The predicted octanol–water partition coefficient (Wildman–Crippen LogP) is 3.64. The molecule has 0 bridgehead atoms. The molecule has 5 nitrogen and oxygen atoms in total. The topological polar surface area (TPSA) is 83.5 Å². The van der Waals surface area contributed by atoms with E-state index < -0.39 is 17.9 Å². The molecule has 0 spiro atoms. The molecule has 1 atom stereocenters. The molecule has 0 unspecified atom stereocenters. The fourth-order valence-corrected chi connectivity index (χ4v) is 3.19. The lowest BCUT2D eigenvalue weighted by Gasteiger charge is -2.14. The van der Waals surface area contributed by atoms with E-state index >= 15 is 0 Å². The molecule has 0 aliphatic carbocycles. The summed E-state index contributed by atoms with van der Waals surface area (Å²) in [5.41, 5.74) is 2.33. The van der Waals surface area contributed by atoms with Crippen molar-refractivity contribution >= 4 is 29.4 Å². The second-order valence-corrected chi connectivity index (χ2v) is 7.06. The molecule has 6 heteroatoms. The maximum Gasteiger partial charge on any atom is 0.326 e. The number of carboxylic acid groups (broad SMARTS) is 1. The third-order valence-corrected chi connectivity index (χ3v) is 4.78. The van der Waals surface area contributed by atoms with Gasteiger partial charge in [-0.1, -0.05) is 54.6 Å². The smallest absolute Gasteiger partial charge is 0.326 e. The van der Waals surface area contributed by atoms with Gasteiger partial charge in [-0.05, 0) is 29.6 Å². The maximum absolute atomic E-state index is 12.6. The average Bonchev–Trinajstić information content (AvgIpc) is 2.69. The minimum atomic E-state index is -1.06. The van der Waals surface area contributed by atoms with Crippen molar-refractivity contribution in [2.24, 2.45) is 0 Å². The highest BCUT2D eigenvalue weighted by Gasteiger charge is 2.20. The Balaban J connectivity index is 2.00. The maximum atomic E-state index is 12.6. The Labute approximate surface area is 163 Å². The number of nitrogens with one attached hydrogen (secondary N) is 1. The molecule has 0 aliphatic rings. The van der Waals surface area contributed by atoms with Gasteiger partial charge in [-0.25, -0.2) is 4.79 Å². The lowest BCUT2D eigenvalue weighted by molar-refractivity contribution is -0.141. The van der Waals surface area contributed by atoms with Crippen molar-refractivity contribution < 1.29 is 19.5 Å². The van der Waals surface area contributed by atoms with Crippen LogP contribution >= 0.6 is 11.8 Å². The van der Waals surface area contributed by atoms with Gasteiger partial charge in [0.05, 0.1) is 0 Å². The summed E-state index contributed by atoms with van der Waals surface area (Å²) in [6.45, 7) is 0. The van der Waals surface area contributed by atoms with E-state index in [4.69, 9.17) is 0 Å². The zero-order chi connectivity index (χ0) is 19.6. The molecule has 2 aromatic rings. The summed E-state index contributed by atoms with van der Waals surface area (Å²) >= 11 is 1.52. The van der Waals surface area contributed by atoms with Gasteiger partial charge in [-0.2, -0.15) is 11.8 Å². The lowest BCUT2D eigenvalue weighted by Crippen LogP contribution is -2.41. The minimum Gasteiger partial charge on any atom is -0.480 e. The fraction of sp³-hybridized carbons (Fsp3) is 0.286. The van der Waals surface area contributed by atoms with Crippen LogP contribution in [0.25, 0.3) is 11.1 Å². The van der Waals surface area contributed by atoms with Crippen LogP contribution in [-0.4, -0.2) is 40.8 Å². The summed E-state index contributed by atoms with van der Waals surface area (Å²) < 4.78 is 0. The Morgan fingerprint density at radius 3 is 2.33 bits per heavy atom. The SMILES string of the molecule is CSCC[C@H](NC(=O)CCC(=O)c1ccccc1-c1ccccc1)C(=O)O. The van der Waals surface area contributed by atoms with Gasteiger partial charge in [0.1, 0.15) is 6.04 Å². The zero-order valence-corrected chi connectivity index (χ0v) is 16.0. The number of hydrogen-bond donors (Lipinski definition) is 2. The van der Waals surface area contributed by atoms with Crippen LogP contribution < -0.4 is 5.32 Å². The molecule has 2 N–H and O–H groups in total. The van der Waals surface area contributed by atoms with Gasteiger partial charge in [0.25, 0.3) is 0 Å². The number of rotatable bonds is 10. The van der Waals surface area contributed by atoms with Crippen LogP contribution in [0, 0.1) is 0 Å². The van der Waals surface area contributed by atoms with Crippen LogP contribution in [0.3, 0.4) is 0 Å². The van der Waals surface area contributed by atoms with Gasteiger partial charge in [0, 0.05) is 18.4 Å². The number of Topliss-reactive ketones (excluding diaryl/α,β-unsaturated/α-hetero) is 1. The minimum absolute atomic E-state index is 0.0323. The van der Waals surface area contributed by atoms with E-state index in [2.05, 4.69) is 5.32 Å². The summed E-state index contributed by atoms with van der Waals surface area (Å²) in [5, 5.41) is 11.7. The van der Waals surface area contributed by atoms with Gasteiger partial charge in [0.15, 0.2) is 5.78 Å². The zero-order valence-electron chi connectivity index (χ0n) is 15.2. The Bertz CT molecular complexity index is 792. The van der Waals surface area contributed by atoms with E-state index in [0.29, 0.717) is 17.7 Å². The molecule has 142 valence electrons. The number of carbonyl (C=O) groups is 3. The number of benzene rings is 2. The van der Waals surface area contributed by atoms with E-state index in [1.807, 2.05) is 48.7 Å². The van der Waals surface area contributed by atoms with Crippen molar-refractivity contribution in [1.82, 2.24) is 5.32 Å². The molecule has 2 rings (SSSR count). The van der Waals surface area contributed by atoms with Crippen LogP contribution in [0.2, 0.25) is 0 Å². The van der Waals surface area contributed by atoms with Gasteiger partial charge in [-0.15, -0.1) is 0 Å². The van der Waals surface area contributed by atoms with Crippen molar-refractivity contribution in [3.05, 3.63) is 60.2 Å². The molecule has 0 radical (unpaired) electrons. The van der Waals surface area contributed by atoms with Crippen LogP contribution in [0.4, 0.5) is 0 Å². The number of amides is 1. The number of carboxylic acids is 1. The first kappa shape index (κ1) is 20.7. The first-order valence-corrected chi connectivity index (χ1v) is 10.1. The highest BCUT2D eigenvalue weighted by Crippen LogP contribution is 2.24. The first-order valence-electron chi connectivity index (χ1n) is 8.71. The Kier molecular flexibility index (Phi) is 8.07. The van der Waals surface area contributed by atoms with E-state index in [9.17, 15) is 19.5 Å². The number of aliphatic carboxylic acids is 1. The Hall–Kier alpha value is -2.60. The molecular weight excluding hydrogens is 362 g/mol. The number of ketones is 1. The van der Waals surface area contributed by atoms with E-state index in [1.165, 1.54) is 11.8 Å². The standard InChI is InChI=1S/C21H23NO4S/c1-27-14-13-18(21(25)26)22-20(24)12-11-19(23)17-10-6-5-9-16(17)15-7-3-2-4-8-15/h2-10,18H,11-14H2,1H3,(H,22,24)(H,25,26)/t18-/m0/s1. The Morgan fingerprint density at radius 2 is 1.67 bits per heavy atom. The first-order chi connectivity index (χ1) is 13.0. The molecule has 0 saturated carbocycles. The fourth-order valence-electron chi connectivity index (χ4n) is 2.72. The molecule has 27 heavy (non-hydrogen) atoms. The van der Waals surface area contributed by atoms with Crippen LogP contribution in [0.5, 0.6) is 0 Å². The molecule has 0 saturated heterocycles. The summed E-state index contributed by atoms with van der Waals surface area (Å²) in [5.74, 6) is -0.978. The van der Waals surface area contributed by atoms with Crippen molar-refractivity contribution in [3.63, 3.8) is 0 Å². The van der Waals surface area contributed by atoms with E-state index in [1.54, 1.807) is 12.1 Å². The summed E-state index contributed by atoms with van der Waals surface area (Å²) in [6, 6.07) is 16.0. The van der Waals surface area contributed by atoms with Crippen molar-refractivity contribution in [3.8, 4) is 11.1 Å². The summed E-state index contributed by atoms with van der Waals surface area (Å²) in [7, 11) is 0. The molecule has 2 aromatic carbocycles. The van der Waals surface area contributed by atoms with Gasteiger partial charge in [-0.3, -0.25) is 9.59 Å². The lowest BCUT2D eigenvalue weighted by atomic mass is 9.95. The quantitative estimate of drug-likeness (QED) is 0.610. The van der Waals surface area contributed by atoms with Crippen LogP contribution in [0.15, 0.2) is 54.6 Å². The van der Waals surface area contributed by atoms with Crippen LogP contribution in [0.1, 0.15) is 29.6 Å². The third kappa shape index (κ3) is 6.25. The largest absolute Gasteiger partial charge is 0.480 e. The molecule has 0 aromatic heterocycles.